The largest absolute Gasteiger partial charge is 0.481 e. The van der Waals surface area contributed by atoms with E-state index in [1.165, 1.54) is 5.57 Å². The molecule has 9 heteroatoms. The first-order valence-electron chi connectivity index (χ1n) is 19.7. The Morgan fingerprint density at radius 1 is 0.900 bits per heavy atom. The lowest BCUT2D eigenvalue weighted by Crippen LogP contribution is -2.67. The zero-order valence-electron chi connectivity index (χ0n) is 32.4. The van der Waals surface area contributed by atoms with Crippen molar-refractivity contribution in [3.8, 4) is 0 Å². The Morgan fingerprint density at radius 3 is 2.22 bits per heavy atom. The molecule has 2 amide bonds. The Labute approximate surface area is 300 Å². The maximum Gasteiger partial charge on any atom is 0.315 e. The van der Waals surface area contributed by atoms with Crippen LogP contribution < -0.4 is 16.0 Å². The average Bonchev–Trinajstić information content (AvgIpc) is 3.30. The van der Waals surface area contributed by atoms with Crippen molar-refractivity contribution in [2.45, 2.75) is 157 Å². The van der Waals surface area contributed by atoms with E-state index in [2.05, 4.69) is 64.4 Å². The molecule has 1 aliphatic heterocycles. The number of ketones is 1. The van der Waals surface area contributed by atoms with Crippen molar-refractivity contribution in [1.29, 1.82) is 0 Å². The lowest BCUT2D eigenvalue weighted by molar-refractivity contribution is -0.232. The first-order chi connectivity index (χ1) is 23.2. The van der Waals surface area contributed by atoms with Crippen LogP contribution in [0.1, 0.15) is 139 Å². The summed E-state index contributed by atoms with van der Waals surface area (Å²) in [7, 11) is 0. The van der Waals surface area contributed by atoms with Gasteiger partial charge < -0.3 is 25.8 Å². The summed E-state index contributed by atoms with van der Waals surface area (Å²) in [5, 5.41) is 19.7. The minimum atomic E-state index is -1.16. The van der Waals surface area contributed by atoms with Gasteiger partial charge in [-0.1, -0.05) is 48.5 Å². The number of carbonyl (C=O) groups is 4. The number of piperidine rings is 1. The van der Waals surface area contributed by atoms with E-state index in [1.54, 1.807) is 13.8 Å². The van der Waals surface area contributed by atoms with Gasteiger partial charge in [-0.25, -0.2) is 4.79 Å². The van der Waals surface area contributed by atoms with Gasteiger partial charge in [0.05, 0.1) is 17.4 Å². The third-order valence-corrected chi connectivity index (χ3v) is 15.8. The molecule has 5 fully saturated rings. The molecule has 6 rings (SSSR count). The van der Waals surface area contributed by atoms with Crippen LogP contribution >= 0.6 is 0 Å². The molecule has 4 saturated carbocycles. The van der Waals surface area contributed by atoms with Gasteiger partial charge in [0, 0.05) is 17.9 Å². The summed E-state index contributed by atoms with van der Waals surface area (Å²) in [4.78, 5) is 52.4. The molecular formula is C41H65N3O6. The SMILES string of the molecule is CC(C)C1=C2C3CCC4[C@@]5(C)CC[C@H](OC(=O)CC(C)(C)C(=O)O)C(C)(C)C5CC[C@@]4(C)[C@]3(C)CC[C@@]2(NC(=O)NC2CCNCC2)CC1=O. The number of ether oxygens (including phenoxy) is 1. The number of esters is 1. The molecule has 0 radical (unpaired) electrons. The molecule has 0 aromatic rings. The van der Waals surface area contributed by atoms with Crippen molar-refractivity contribution in [1.82, 2.24) is 16.0 Å². The third kappa shape index (κ3) is 5.74. The first-order valence-corrected chi connectivity index (χ1v) is 19.7. The summed E-state index contributed by atoms with van der Waals surface area (Å²) in [6, 6.07) is 0.0234. The van der Waals surface area contributed by atoms with Gasteiger partial charge in [-0.3, -0.25) is 14.4 Å². The number of hydrogen-bond donors (Lipinski definition) is 4. The summed E-state index contributed by atoms with van der Waals surface area (Å²) in [6.45, 7) is 21.4. The number of amides is 2. The molecule has 9 nitrogen and oxygen atoms in total. The highest BCUT2D eigenvalue weighted by atomic mass is 16.5. The highest BCUT2D eigenvalue weighted by Crippen LogP contribution is 2.76. The van der Waals surface area contributed by atoms with Crippen LogP contribution in [0.4, 0.5) is 4.79 Å². The van der Waals surface area contributed by atoms with Crippen LogP contribution in [0, 0.1) is 50.7 Å². The standard InChI is InChI=1S/C41H65N3O6/c1-24(2)32-27(45)22-41(44-35(49)43-25-14-20-42-21-15-25)19-18-39(8)26(33(32)41)10-11-29-38(7)16-13-30(50-31(46)23-36(3,4)34(47)48)37(5,6)28(38)12-17-40(29,39)9/h24-26,28-30,42H,10-23H2,1-9H3,(H,47,48)(H2,43,44,49)/t26?,28?,29?,30-,38-,39+,40+,41+/m0/s1. The number of urea groups is 1. The molecule has 280 valence electrons. The Morgan fingerprint density at radius 2 is 1.58 bits per heavy atom. The number of carboxylic acid groups (broad SMARTS) is 1. The molecule has 5 aliphatic carbocycles. The van der Waals surface area contributed by atoms with Gasteiger partial charge in [-0.2, -0.15) is 0 Å². The average molecular weight is 696 g/mol. The van der Waals surface area contributed by atoms with Gasteiger partial charge in [0.1, 0.15) is 6.10 Å². The second-order valence-corrected chi connectivity index (χ2v) is 19.6. The minimum absolute atomic E-state index is 0.0173. The molecule has 1 heterocycles. The van der Waals surface area contributed by atoms with Crippen molar-refractivity contribution in [3.05, 3.63) is 11.1 Å². The molecule has 1 saturated heterocycles. The normalized spacial score (nSPS) is 39.9. The van der Waals surface area contributed by atoms with Gasteiger partial charge in [-0.05, 0) is 142 Å². The highest BCUT2D eigenvalue weighted by Gasteiger charge is 2.70. The van der Waals surface area contributed by atoms with Crippen LogP contribution in [0.25, 0.3) is 0 Å². The lowest BCUT2D eigenvalue weighted by Gasteiger charge is -2.72. The van der Waals surface area contributed by atoms with Gasteiger partial charge in [-0.15, -0.1) is 0 Å². The van der Waals surface area contributed by atoms with Crippen molar-refractivity contribution in [3.63, 3.8) is 0 Å². The van der Waals surface area contributed by atoms with E-state index >= 15 is 0 Å². The molecule has 0 aromatic carbocycles. The van der Waals surface area contributed by atoms with Crippen LogP contribution in [0.3, 0.4) is 0 Å². The summed E-state index contributed by atoms with van der Waals surface area (Å²) in [6.07, 6.45) is 9.58. The Bertz CT molecular complexity index is 1440. The number of carbonyl (C=O) groups excluding carboxylic acids is 3. The van der Waals surface area contributed by atoms with E-state index in [0.717, 1.165) is 82.9 Å². The monoisotopic (exact) mass is 695 g/mol. The van der Waals surface area contributed by atoms with Gasteiger partial charge in [0.2, 0.25) is 0 Å². The molecule has 6 aliphatic rings. The van der Waals surface area contributed by atoms with Gasteiger partial charge in [0.15, 0.2) is 5.78 Å². The Kier molecular flexibility index (Phi) is 9.42. The van der Waals surface area contributed by atoms with Crippen molar-refractivity contribution >= 4 is 23.8 Å². The predicted molar refractivity (Wildman–Crippen MR) is 193 cm³/mol. The summed E-state index contributed by atoms with van der Waals surface area (Å²) < 4.78 is 6.15. The van der Waals surface area contributed by atoms with Crippen molar-refractivity contribution in [2.75, 3.05) is 13.1 Å². The van der Waals surface area contributed by atoms with E-state index in [9.17, 15) is 24.3 Å². The van der Waals surface area contributed by atoms with Crippen LogP contribution in [-0.4, -0.2) is 59.6 Å². The van der Waals surface area contributed by atoms with E-state index in [1.807, 2.05) is 0 Å². The second kappa shape index (κ2) is 12.6. The molecule has 0 spiro atoms. The van der Waals surface area contributed by atoms with Crippen LogP contribution in [0.15, 0.2) is 11.1 Å². The fourth-order valence-corrected chi connectivity index (χ4v) is 13.0. The van der Waals surface area contributed by atoms with Gasteiger partial charge >= 0.3 is 18.0 Å². The number of fused-ring (bicyclic) bond motifs is 7. The van der Waals surface area contributed by atoms with E-state index in [4.69, 9.17) is 4.74 Å². The number of nitrogens with one attached hydrogen (secondary N) is 3. The maximum atomic E-state index is 13.9. The van der Waals surface area contributed by atoms with Crippen molar-refractivity contribution < 1.29 is 29.0 Å². The summed E-state index contributed by atoms with van der Waals surface area (Å²) in [5.41, 5.74) is 0.306. The number of rotatable bonds is 7. The number of hydrogen-bond acceptors (Lipinski definition) is 6. The van der Waals surface area contributed by atoms with Crippen LogP contribution in [0.5, 0.6) is 0 Å². The quantitative estimate of drug-likeness (QED) is 0.207. The minimum Gasteiger partial charge on any atom is -0.481 e. The lowest BCUT2D eigenvalue weighted by atomic mass is 9.33. The van der Waals surface area contributed by atoms with E-state index in [-0.39, 0.29) is 63.9 Å². The third-order valence-electron chi connectivity index (χ3n) is 15.8. The number of aliphatic carboxylic acids is 1. The summed E-state index contributed by atoms with van der Waals surface area (Å²) in [5.74, 6) is 0.00496. The van der Waals surface area contributed by atoms with Crippen LogP contribution in [-0.2, 0) is 19.1 Å². The van der Waals surface area contributed by atoms with E-state index in [0.29, 0.717) is 18.3 Å². The number of Topliss-reactive ketones (excluding diaryl/α,β-unsaturated/α-hetero) is 1. The topological polar surface area (TPSA) is 134 Å². The molecule has 0 aromatic heterocycles. The molecule has 3 unspecified atom stereocenters. The zero-order valence-corrected chi connectivity index (χ0v) is 32.4. The first kappa shape index (κ1) is 37.3. The molecule has 8 atom stereocenters. The van der Waals surface area contributed by atoms with Gasteiger partial charge in [0.25, 0.3) is 0 Å². The number of allylic oxidation sites excluding steroid dienone is 1. The Balaban J connectivity index is 1.27. The molecular weight excluding hydrogens is 630 g/mol. The van der Waals surface area contributed by atoms with E-state index < -0.39 is 22.9 Å². The maximum absolute atomic E-state index is 13.9. The van der Waals surface area contributed by atoms with Crippen molar-refractivity contribution in [2.24, 2.45) is 50.7 Å². The predicted octanol–water partition coefficient (Wildman–Crippen LogP) is 7.18. The molecule has 0 bridgehead atoms. The smallest absolute Gasteiger partial charge is 0.315 e. The number of carboxylic acids is 1. The zero-order chi connectivity index (χ0) is 36.7. The van der Waals surface area contributed by atoms with Crippen LogP contribution in [0.2, 0.25) is 0 Å². The highest BCUT2D eigenvalue weighted by molar-refractivity contribution is 6.02. The molecule has 4 N–H and O–H groups in total. The fraction of sp³-hybridized carbons (Fsp3) is 0.854. The fourth-order valence-electron chi connectivity index (χ4n) is 13.0. The molecule has 50 heavy (non-hydrogen) atoms. The second-order valence-electron chi connectivity index (χ2n) is 19.6. The Hall–Kier alpha value is -2.42. The summed E-state index contributed by atoms with van der Waals surface area (Å²) >= 11 is 0.